The highest BCUT2D eigenvalue weighted by Gasteiger charge is 2.15. The molecule has 3 nitrogen and oxygen atoms in total. The van der Waals surface area contributed by atoms with Crippen LogP contribution in [0.1, 0.15) is 24.6 Å². The topological polar surface area (TPSA) is 49.3 Å². The summed E-state index contributed by atoms with van der Waals surface area (Å²) in [5.74, 6) is -0.777. The Morgan fingerprint density at radius 3 is 2.86 bits per heavy atom. The number of thiophene rings is 1. The van der Waals surface area contributed by atoms with Crippen molar-refractivity contribution in [2.45, 2.75) is 32.4 Å². The maximum Gasteiger partial charge on any atom is 0.320 e. The van der Waals surface area contributed by atoms with E-state index in [9.17, 15) is 4.79 Å². The van der Waals surface area contributed by atoms with Gasteiger partial charge in [-0.25, -0.2) is 0 Å². The Labute approximate surface area is 137 Å². The number of aliphatic carboxylic acids is 1. The number of nitrogens with one attached hydrogen (secondary N) is 1. The molecule has 0 fully saturated rings. The summed E-state index contributed by atoms with van der Waals surface area (Å²) in [5, 5.41) is 12.2. The lowest BCUT2D eigenvalue weighted by atomic mass is 10.1. The van der Waals surface area contributed by atoms with Crippen LogP contribution in [0.3, 0.4) is 0 Å². The van der Waals surface area contributed by atoms with Crippen molar-refractivity contribution in [2.75, 3.05) is 0 Å². The van der Waals surface area contributed by atoms with Gasteiger partial charge in [-0.2, -0.15) is 0 Å². The van der Waals surface area contributed by atoms with Gasteiger partial charge in [0.2, 0.25) is 0 Å². The highest BCUT2D eigenvalue weighted by Crippen LogP contribution is 2.29. The van der Waals surface area contributed by atoms with Crippen LogP contribution in [0.5, 0.6) is 0 Å². The molecule has 0 aliphatic rings. The molecule has 0 saturated carbocycles. The lowest BCUT2D eigenvalue weighted by molar-refractivity contribution is -0.139. The molecule has 0 bridgehead atoms. The highest BCUT2D eigenvalue weighted by molar-refractivity contribution is 9.10. The van der Waals surface area contributed by atoms with Crippen LogP contribution in [0.2, 0.25) is 0 Å². The minimum absolute atomic E-state index is 0.466. The number of benzene rings is 1. The average molecular weight is 368 g/mol. The first-order valence-corrected chi connectivity index (χ1v) is 8.52. The maximum absolute atomic E-state index is 11.1. The monoisotopic (exact) mass is 367 g/mol. The van der Waals surface area contributed by atoms with E-state index in [1.807, 2.05) is 19.1 Å². The van der Waals surface area contributed by atoms with E-state index in [0.717, 1.165) is 15.8 Å². The molecular formula is C16H18BrNO2S. The Balaban J connectivity index is 2.02. The molecular weight excluding hydrogens is 350 g/mol. The first kappa shape index (κ1) is 16.2. The van der Waals surface area contributed by atoms with Gasteiger partial charge in [-0.15, -0.1) is 11.3 Å². The van der Waals surface area contributed by atoms with Gasteiger partial charge in [0.15, 0.2) is 0 Å². The molecule has 21 heavy (non-hydrogen) atoms. The van der Waals surface area contributed by atoms with Gasteiger partial charge in [0.05, 0.1) is 0 Å². The second-order valence-corrected chi connectivity index (χ2v) is 6.92. The van der Waals surface area contributed by atoms with Gasteiger partial charge >= 0.3 is 5.97 Å². The number of halogens is 1. The van der Waals surface area contributed by atoms with Crippen LogP contribution in [-0.4, -0.2) is 17.1 Å². The minimum atomic E-state index is -0.777. The zero-order valence-corrected chi connectivity index (χ0v) is 14.2. The zero-order chi connectivity index (χ0) is 15.2. The zero-order valence-electron chi connectivity index (χ0n) is 11.8. The normalized spacial score (nSPS) is 12.3. The highest BCUT2D eigenvalue weighted by atomic mass is 79.9. The smallest absolute Gasteiger partial charge is 0.320 e. The first-order chi connectivity index (χ1) is 10.1. The fourth-order valence-electron chi connectivity index (χ4n) is 2.10. The first-order valence-electron chi connectivity index (χ1n) is 6.91. The summed E-state index contributed by atoms with van der Waals surface area (Å²) < 4.78 is 1.06. The van der Waals surface area contributed by atoms with Crippen LogP contribution in [0, 0.1) is 0 Å². The third-order valence-electron chi connectivity index (χ3n) is 3.17. The molecule has 0 spiro atoms. The number of rotatable bonds is 7. The van der Waals surface area contributed by atoms with Crippen molar-refractivity contribution in [3.8, 4) is 10.4 Å². The van der Waals surface area contributed by atoms with Crippen LogP contribution >= 0.6 is 27.3 Å². The Bertz CT molecular complexity index is 612. The number of carbonyl (C=O) groups is 1. The van der Waals surface area contributed by atoms with E-state index in [2.05, 4.69) is 45.5 Å². The number of hydrogen-bond acceptors (Lipinski definition) is 3. The molecule has 0 aliphatic heterocycles. The maximum atomic E-state index is 11.1. The van der Waals surface area contributed by atoms with Crippen molar-refractivity contribution in [3.05, 3.63) is 45.7 Å². The van der Waals surface area contributed by atoms with Crippen molar-refractivity contribution >= 4 is 33.2 Å². The average Bonchev–Trinajstić information content (AvgIpc) is 2.92. The Morgan fingerprint density at radius 2 is 2.19 bits per heavy atom. The Kier molecular flexibility index (Phi) is 5.96. The van der Waals surface area contributed by atoms with E-state index in [-0.39, 0.29) is 0 Å². The third kappa shape index (κ3) is 4.66. The number of carboxylic acids is 1. The summed E-state index contributed by atoms with van der Waals surface area (Å²) in [6.07, 6.45) is 1.51. The number of carboxylic acid groups (broad SMARTS) is 1. The Hall–Kier alpha value is -1.17. The molecule has 0 aliphatic carbocycles. The minimum Gasteiger partial charge on any atom is -0.480 e. The molecule has 1 aromatic heterocycles. The van der Waals surface area contributed by atoms with Crippen LogP contribution < -0.4 is 5.32 Å². The standard InChI is InChI=1S/C16H18BrNO2S/c1-2-4-14(16(19)20)18-10-13-7-8-15(21-13)11-5-3-6-12(17)9-11/h3,5-9,14,18H,2,4,10H2,1H3,(H,19,20). The Morgan fingerprint density at radius 1 is 1.38 bits per heavy atom. The van der Waals surface area contributed by atoms with Gasteiger partial charge < -0.3 is 5.11 Å². The summed E-state index contributed by atoms with van der Waals surface area (Å²) >= 11 is 5.17. The van der Waals surface area contributed by atoms with Gasteiger partial charge in [-0.3, -0.25) is 10.1 Å². The molecule has 2 aromatic rings. The predicted molar refractivity (Wildman–Crippen MR) is 90.6 cm³/mol. The van der Waals surface area contributed by atoms with Gasteiger partial charge in [0, 0.05) is 20.8 Å². The van der Waals surface area contributed by atoms with E-state index >= 15 is 0 Å². The third-order valence-corrected chi connectivity index (χ3v) is 4.80. The molecule has 112 valence electrons. The van der Waals surface area contributed by atoms with Crippen LogP contribution in [-0.2, 0) is 11.3 Å². The van der Waals surface area contributed by atoms with Crippen molar-refractivity contribution in [1.82, 2.24) is 5.32 Å². The predicted octanol–water partition coefficient (Wildman–Crippen LogP) is 4.52. The van der Waals surface area contributed by atoms with Crippen molar-refractivity contribution in [2.24, 2.45) is 0 Å². The fraction of sp³-hybridized carbons (Fsp3) is 0.312. The number of hydrogen-bond donors (Lipinski definition) is 2. The van der Waals surface area contributed by atoms with Crippen LogP contribution in [0.4, 0.5) is 0 Å². The molecule has 0 amide bonds. The van der Waals surface area contributed by atoms with Gasteiger partial charge in [0.25, 0.3) is 0 Å². The van der Waals surface area contributed by atoms with Gasteiger partial charge in [-0.1, -0.05) is 41.4 Å². The lowest BCUT2D eigenvalue weighted by Gasteiger charge is -2.12. The van der Waals surface area contributed by atoms with Gasteiger partial charge in [-0.05, 0) is 36.2 Å². The molecule has 5 heteroatoms. The quantitative estimate of drug-likeness (QED) is 0.756. The molecule has 0 saturated heterocycles. The summed E-state index contributed by atoms with van der Waals surface area (Å²) in [6.45, 7) is 2.59. The molecule has 1 aromatic carbocycles. The molecule has 2 N–H and O–H groups in total. The molecule has 1 atom stereocenters. The SMILES string of the molecule is CCCC(NCc1ccc(-c2cccc(Br)c2)s1)C(=O)O. The largest absolute Gasteiger partial charge is 0.480 e. The van der Waals surface area contributed by atoms with E-state index in [1.54, 1.807) is 11.3 Å². The summed E-state index contributed by atoms with van der Waals surface area (Å²) in [5.41, 5.74) is 1.17. The van der Waals surface area contributed by atoms with Crippen LogP contribution in [0.15, 0.2) is 40.9 Å². The molecule has 1 unspecified atom stereocenters. The van der Waals surface area contributed by atoms with Crippen molar-refractivity contribution in [1.29, 1.82) is 0 Å². The van der Waals surface area contributed by atoms with E-state index < -0.39 is 12.0 Å². The van der Waals surface area contributed by atoms with E-state index in [1.165, 1.54) is 10.4 Å². The summed E-state index contributed by atoms with van der Waals surface area (Å²) in [7, 11) is 0. The van der Waals surface area contributed by atoms with Crippen molar-refractivity contribution < 1.29 is 9.90 Å². The molecule has 1 heterocycles. The second kappa shape index (κ2) is 7.73. The van der Waals surface area contributed by atoms with Gasteiger partial charge in [0.1, 0.15) is 6.04 Å². The second-order valence-electron chi connectivity index (χ2n) is 4.84. The van der Waals surface area contributed by atoms with E-state index in [0.29, 0.717) is 13.0 Å². The van der Waals surface area contributed by atoms with Crippen molar-refractivity contribution in [3.63, 3.8) is 0 Å². The lowest BCUT2D eigenvalue weighted by Crippen LogP contribution is -2.35. The molecule has 0 radical (unpaired) electrons. The van der Waals surface area contributed by atoms with E-state index in [4.69, 9.17) is 5.11 Å². The summed E-state index contributed by atoms with van der Waals surface area (Å²) in [6, 6.07) is 11.8. The molecule has 2 rings (SSSR count). The van der Waals surface area contributed by atoms with Crippen LogP contribution in [0.25, 0.3) is 10.4 Å². The fourth-order valence-corrected chi connectivity index (χ4v) is 3.45. The summed E-state index contributed by atoms with van der Waals surface area (Å²) in [4.78, 5) is 13.4.